The summed E-state index contributed by atoms with van der Waals surface area (Å²) in [4.78, 5) is 28.3. The molecule has 0 amide bonds. The minimum absolute atomic E-state index is 0.210. The first-order chi connectivity index (χ1) is 11.5. The zero-order valence-electron chi connectivity index (χ0n) is 14.0. The lowest BCUT2D eigenvalue weighted by Crippen LogP contribution is -2.26. The quantitative estimate of drug-likeness (QED) is 0.904. The fourth-order valence-corrected chi connectivity index (χ4v) is 3.40. The van der Waals surface area contributed by atoms with Crippen LogP contribution in [0.25, 0.3) is 11.3 Å². The van der Waals surface area contributed by atoms with Crippen LogP contribution in [0.1, 0.15) is 42.6 Å². The van der Waals surface area contributed by atoms with Gasteiger partial charge in [-0.15, -0.1) is 0 Å². The predicted octanol–water partition coefficient (Wildman–Crippen LogP) is 3.29. The number of aromatic amines is 1. The second-order valence-corrected chi connectivity index (χ2v) is 6.30. The Morgan fingerprint density at radius 2 is 2.04 bits per heavy atom. The smallest absolute Gasteiger partial charge is 0.341 e. The van der Waals surface area contributed by atoms with E-state index in [1.807, 2.05) is 19.1 Å². The van der Waals surface area contributed by atoms with Crippen LogP contribution >= 0.6 is 0 Å². The largest absolute Gasteiger partial charge is 0.477 e. The van der Waals surface area contributed by atoms with Crippen molar-refractivity contribution in [2.45, 2.75) is 39.2 Å². The summed E-state index contributed by atoms with van der Waals surface area (Å²) in [5.41, 5.74) is 2.84. The molecule has 1 aromatic heterocycles. The monoisotopic (exact) mass is 326 g/mol. The number of carboxylic acids is 1. The van der Waals surface area contributed by atoms with Crippen LogP contribution in [0.4, 0.5) is 5.69 Å². The number of aromatic carboxylic acids is 1. The Kier molecular flexibility index (Phi) is 4.42. The average molecular weight is 326 g/mol. The maximum atomic E-state index is 12.0. The molecule has 1 saturated heterocycles. The van der Waals surface area contributed by atoms with Gasteiger partial charge < -0.3 is 15.0 Å². The lowest BCUT2D eigenvalue weighted by atomic mass is 10.0. The molecule has 1 aliphatic rings. The standard InChI is InChI=1S/C19H22N2O3/c1-3-13-11-16(19(23)24)18(22)20-17(13)14-6-8-15(9-7-14)21-10-4-5-12(21)2/h6-9,11-12H,3-5,10H2,1-2H3,(H,20,22)(H,23,24)/t12-/m1/s1. The Morgan fingerprint density at radius 3 is 2.58 bits per heavy atom. The summed E-state index contributed by atoms with van der Waals surface area (Å²) in [6, 6.07) is 10.2. The number of aromatic nitrogens is 1. The number of H-pyrrole nitrogens is 1. The number of carbonyl (C=O) groups is 1. The summed E-state index contributed by atoms with van der Waals surface area (Å²) < 4.78 is 0. The van der Waals surface area contributed by atoms with Gasteiger partial charge in [-0.05, 0) is 55.5 Å². The zero-order valence-corrected chi connectivity index (χ0v) is 14.0. The van der Waals surface area contributed by atoms with Crippen molar-refractivity contribution in [2.24, 2.45) is 0 Å². The van der Waals surface area contributed by atoms with Crippen molar-refractivity contribution in [3.05, 3.63) is 51.8 Å². The molecule has 24 heavy (non-hydrogen) atoms. The van der Waals surface area contributed by atoms with E-state index in [1.54, 1.807) is 0 Å². The molecule has 126 valence electrons. The van der Waals surface area contributed by atoms with Crippen LogP contribution in [0.15, 0.2) is 35.1 Å². The third-order valence-electron chi connectivity index (χ3n) is 4.77. The summed E-state index contributed by atoms with van der Waals surface area (Å²) in [5, 5.41) is 9.10. The van der Waals surface area contributed by atoms with Crippen molar-refractivity contribution in [1.29, 1.82) is 0 Å². The van der Waals surface area contributed by atoms with Gasteiger partial charge in [-0.1, -0.05) is 19.1 Å². The van der Waals surface area contributed by atoms with Gasteiger partial charge in [-0.2, -0.15) is 0 Å². The summed E-state index contributed by atoms with van der Waals surface area (Å²) in [6.45, 7) is 5.26. The van der Waals surface area contributed by atoms with Gasteiger partial charge in [-0.3, -0.25) is 4.79 Å². The summed E-state index contributed by atoms with van der Waals surface area (Å²) in [7, 11) is 0. The third-order valence-corrected chi connectivity index (χ3v) is 4.77. The molecule has 1 aliphatic heterocycles. The summed E-state index contributed by atoms with van der Waals surface area (Å²) in [6.07, 6.45) is 3.08. The number of carboxylic acid groups (broad SMARTS) is 1. The van der Waals surface area contributed by atoms with Crippen molar-refractivity contribution in [3.8, 4) is 11.3 Å². The van der Waals surface area contributed by atoms with Crippen LogP contribution < -0.4 is 10.5 Å². The molecule has 2 N–H and O–H groups in total. The molecule has 1 aromatic carbocycles. The van der Waals surface area contributed by atoms with Gasteiger partial charge in [0.2, 0.25) is 0 Å². The Balaban J connectivity index is 1.98. The summed E-state index contributed by atoms with van der Waals surface area (Å²) in [5.74, 6) is -1.20. The van der Waals surface area contributed by atoms with Crippen LogP contribution in [-0.2, 0) is 6.42 Å². The lowest BCUT2D eigenvalue weighted by Gasteiger charge is -2.24. The van der Waals surface area contributed by atoms with Gasteiger partial charge in [0.25, 0.3) is 5.56 Å². The van der Waals surface area contributed by atoms with Crippen LogP contribution in [0, 0.1) is 0 Å². The maximum Gasteiger partial charge on any atom is 0.341 e. The van der Waals surface area contributed by atoms with Crippen LogP contribution in [0.3, 0.4) is 0 Å². The van der Waals surface area contributed by atoms with E-state index in [0.29, 0.717) is 18.2 Å². The molecule has 0 aliphatic carbocycles. The number of hydrogen-bond donors (Lipinski definition) is 2. The minimum Gasteiger partial charge on any atom is -0.477 e. The molecule has 0 unspecified atom stereocenters. The highest BCUT2D eigenvalue weighted by Crippen LogP contribution is 2.28. The Bertz CT molecular complexity index is 808. The number of nitrogens with zero attached hydrogens (tertiary/aromatic N) is 1. The van der Waals surface area contributed by atoms with E-state index in [1.165, 1.54) is 24.6 Å². The second kappa shape index (κ2) is 6.51. The molecule has 2 aromatic rings. The van der Waals surface area contributed by atoms with Crippen molar-refractivity contribution >= 4 is 11.7 Å². The molecule has 0 spiro atoms. The molecule has 2 heterocycles. The van der Waals surface area contributed by atoms with E-state index >= 15 is 0 Å². The van der Waals surface area contributed by atoms with Gasteiger partial charge >= 0.3 is 5.97 Å². The van der Waals surface area contributed by atoms with E-state index < -0.39 is 11.5 Å². The van der Waals surface area contributed by atoms with Gasteiger partial charge in [0, 0.05) is 18.3 Å². The van der Waals surface area contributed by atoms with E-state index in [2.05, 4.69) is 28.9 Å². The first kappa shape index (κ1) is 16.3. The molecule has 0 saturated carbocycles. The molecule has 0 bridgehead atoms. The van der Waals surface area contributed by atoms with Gasteiger partial charge in [-0.25, -0.2) is 4.79 Å². The molecular formula is C19H22N2O3. The SMILES string of the molecule is CCc1cc(C(=O)O)c(=O)[nH]c1-c1ccc(N2CCC[C@H]2C)cc1. The number of anilines is 1. The molecule has 1 atom stereocenters. The van der Waals surface area contributed by atoms with Crippen molar-refractivity contribution in [2.75, 3.05) is 11.4 Å². The van der Waals surface area contributed by atoms with Crippen LogP contribution in [0.2, 0.25) is 0 Å². The van der Waals surface area contributed by atoms with Gasteiger partial charge in [0.1, 0.15) is 5.56 Å². The number of rotatable bonds is 4. The maximum absolute atomic E-state index is 12.0. The van der Waals surface area contributed by atoms with E-state index in [-0.39, 0.29) is 5.56 Å². The first-order valence-corrected chi connectivity index (χ1v) is 8.37. The van der Waals surface area contributed by atoms with Crippen LogP contribution in [-0.4, -0.2) is 28.6 Å². The average Bonchev–Trinajstić information content (AvgIpc) is 3.00. The number of aryl methyl sites for hydroxylation is 1. The van der Waals surface area contributed by atoms with E-state index in [9.17, 15) is 9.59 Å². The molecular weight excluding hydrogens is 304 g/mol. The fraction of sp³-hybridized carbons (Fsp3) is 0.368. The lowest BCUT2D eigenvalue weighted by molar-refractivity contribution is 0.0695. The molecule has 1 fully saturated rings. The molecule has 5 nitrogen and oxygen atoms in total. The van der Waals surface area contributed by atoms with Crippen molar-refractivity contribution < 1.29 is 9.90 Å². The highest BCUT2D eigenvalue weighted by molar-refractivity contribution is 5.88. The molecule has 5 heteroatoms. The number of pyridine rings is 1. The first-order valence-electron chi connectivity index (χ1n) is 8.37. The van der Waals surface area contributed by atoms with Gasteiger partial charge in [0.05, 0.1) is 5.69 Å². The zero-order chi connectivity index (χ0) is 17.3. The molecule has 0 radical (unpaired) electrons. The number of benzene rings is 1. The fourth-order valence-electron chi connectivity index (χ4n) is 3.40. The second-order valence-electron chi connectivity index (χ2n) is 6.30. The van der Waals surface area contributed by atoms with Crippen molar-refractivity contribution in [1.82, 2.24) is 4.98 Å². The third kappa shape index (κ3) is 2.94. The topological polar surface area (TPSA) is 73.4 Å². The van der Waals surface area contributed by atoms with E-state index in [4.69, 9.17) is 5.11 Å². The highest BCUT2D eigenvalue weighted by Gasteiger charge is 2.20. The molecule has 3 rings (SSSR count). The van der Waals surface area contributed by atoms with Crippen molar-refractivity contribution in [3.63, 3.8) is 0 Å². The van der Waals surface area contributed by atoms with Gasteiger partial charge in [0.15, 0.2) is 0 Å². The number of nitrogens with one attached hydrogen (secondary N) is 1. The summed E-state index contributed by atoms with van der Waals surface area (Å²) >= 11 is 0. The Hall–Kier alpha value is -2.56. The number of hydrogen-bond acceptors (Lipinski definition) is 3. The Morgan fingerprint density at radius 1 is 1.33 bits per heavy atom. The minimum atomic E-state index is -1.20. The normalized spacial score (nSPS) is 17.2. The van der Waals surface area contributed by atoms with E-state index in [0.717, 1.165) is 17.7 Å². The highest BCUT2D eigenvalue weighted by atomic mass is 16.4. The Labute approximate surface area is 140 Å². The van der Waals surface area contributed by atoms with Crippen LogP contribution in [0.5, 0.6) is 0 Å². The predicted molar refractivity (Wildman–Crippen MR) is 94.9 cm³/mol.